The molecule has 0 saturated carbocycles. The Hall–Kier alpha value is -2.80. The largest absolute Gasteiger partial charge is 0.324 e. The summed E-state index contributed by atoms with van der Waals surface area (Å²) in [5, 5.41) is 3.98. The molecule has 0 saturated heterocycles. The number of thiazole rings is 1. The molecule has 22 heavy (non-hydrogen) atoms. The molecule has 0 unspecified atom stereocenters. The highest BCUT2D eigenvalue weighted by atomic mass is 32.1. The third-order valence-electron chi connectivity index (χ3n) is 3.12. The van der Waals surface area contributed by atoms with Crippen molar-refractivity contribution in [3.63, 3.8) is 0 Å². The lowest BCUT2D eigenvalue weighted by Gasteiger charge is -2.02. The Balaban J connectivity index is 1.65. The Morgan fingerprint density at radius 1 is 1.09 bits per heavy atom. The van der Waals surface area contributed by atoms with Crippen LogP contribution in [-0.2, 0) is 0 Å². The van der Waals surface area contributed by atoms with Crippen molar-refractivity contribution >= 4 is 34.3 Å². The third kappa shape index (κ3) is 2.42. The molecule has 7 heteroatoms. The quantitative estimate of drug-likeness (QED) is 0.605. The minimum atomic E-state index is 0.490. The standard InChI is InChI=1S/C15H12N6S/c1-9-8-17-13(22-9)12-6-7-16-14(20-12)21-15-18-10-4-2-3-5-11(10)19-15/h2-8H,1H3,(H2,16,18,19,20,21). The average molecular weight is 308 g/mol. The number of hydrogen-bond acceptors (Lipinski definition) is 6. The maximum Gasteiger partial charge on any atom is 0.230 e. The van der Waals surface area contributed by atoms with Gasteiger partial charge in [0.15, 0.2) is 0 Å². The number of para-hydroxylation sites is 2. The molecule has 4 rings (SSSR count). The van der Waals surface area contributed by atoms with Crippen LogP contribution < -0.4 is 5.32 Å². The molecule has 6 nitrogen and oxygen atoms in total. The second kappa shape index (κ2) is 5.19. The van der Waals surface area contributed by atoms with Crippen LogP contribution in [-0.4, -0.2) is 24.9 Å². The van der Waals surface area contributed by atoms with Crippen molar-refractivity contribution in [3.8, 4) is 10.7 Å². The van der Waals surface area contributed by atoms with E-state index < -0.39 is 0 Å². The first-order valence-electron chi connectivity index (χ1n) is 6.75. The van der Waals surface area contributed by atoms with Gasteiger partial charge in [0.2, 0.25) is 11.9 Å². The van der Waals surface area contributed by atoms with Crippen molar-refractivity contribution in [1.82, 2.24) is 24.9 Å². The molecule has 1 aromatic carbocycles. The van der Waals surface area contributed by atoms with E-state index >= 15 is 0 Å². The van der Waals surface area contributed by atoms with E-state index in [1.54, 1.807) is 17.5 Å². The van der Waals surface area contributed by atoms with E-state index in [2.05, 4.69) is 30.2 Å². The topological polar surface area (TPSA) is 79.4 Å². The van der Waals surface area contributed by atoms with Crippen LogP contribution in [0.3, 0.4) is 0 Å². The van der Waals surface area contributed by atoms with Crippen molar-refractivity contribution in [3.05, 3.63) is 47.6 Å². The zero-order chi connectivity index (χ0) is 14.9. The van der Waals surface area contributed by atoms with Crippen molar-refractivity contribution in [2.75, 3.05) is 5.32 Å². The summed E-state index contributed by atoms with van der Waals surface area (Å²) >= 11 is 1.61. The van der Waals surface area contributed by atoms with Gasteiger partial charge in [-0.15, -0.1) is 11.3 Å². The Morgan fingerprint density at radius 2 is 2.00 bits per heavy atom. The van der Waals surface area contributed by atoms with E-state index in [0.717, 1.165) is 26.6 Å². The highest BCUT2D eigenvalue weighted by Crippen LogP contribution is 2.24. The summed E-state index contributed by atoms with van der Waals surface area (Å²) in [7, 11) is 0. The Morgan fingerprint density at radius 3 is 2.82 bits per heavy atom. The van der Waals surface area contributed by atoms with E-state index in [1.165, 1.54) is 0 Å². The predicted molar refractivity (Wildman–Crippen MR) is 87.3 cm³/mol. The molecule has 0 fully saturated rings. The number of imidazole rings is 1. The lowest BCUT2D eigenvalue weighted by molar-refractivity contribution is 1.14. The van der Waals surface area contributed by atoms with E-state index in [9.17, 15) is 0 Å². The summed E-state index contributed by atoms with van der Waals surface area (Å²) in [6, 6.07) is 9.69. The van der Waals surface area contributed by atoms with Crippen LogP contribution in [0.4, 0.5) is 11.9 Å². The first-order valence-corrected chi connectivity index (χ1v) is 7.57. The van der Waals surface area contributed by atoms with Crippen molar-refractivity contribution in [1.29, 1.82) is 0 Å². The summed E-state index contributed by atoms with van der Waals surface area (Å²) < 4.78 is 0. The second-order valence-corrected chi connectivity index (χ2v) is 6.00. The van der Waals surface area contributed by atoms with Gasteiger partial charge in [0.25, 0.3) is 0 Å². The fraction of sp³-hybridized carbons (Fsp3) is 0.0667. The lowest BCUT2D eigenvalue weighted by Crippen LogP contribution is -1.99. The molecule has 0 atom stereocenters. The van der Waals surface area contributed by atoms with Crippen LogP contribution in [0.5, 0.6) is 0 Å². The van der Waals surface area contributed by atoms with Crippen molar-refractivity contribution in [2.45, 2.75) is 6.92 Å². The number of fused-ring (bicyclic) bond motifs is 1. The smallest absolute Gasteiger partial charge is 0.230 e. The molecule has 4 aromatic rings. The number of nitrogens with zero attached hydrogens (tertiary/aromatic N) is 4. The van der Waals surface area contributed by atoms with Gasteiger partial charge in [0.05, 0.1) is 11.0 Å². The zero-order valence-electron chi connectivity index (χ0n) is 11.7. The molecular weight excluding hydrogens is 296 g/mol. The number of hydrogen-bond donors (Lipinski definition) is 2. The van der Waals surface area contributed by atoms with Gasteiger partial charge >= 0.3 is 0 Å². The number of aromatic amines is 1. The maximum atomic E-state index is 4.49. The lowest BCUT2D eigenvalue weighted by atomic mass is 10.3. The molecule has 0 aliphatic rings. The third-order valence-corrected chi connectivity index (χ3v) is 4.05. The first-order chi connectivity index (χ1) is 10.8. The SMILES string of the molecule is Cc1cnc(-c2ccnc(Nc3nc4ccccc4[nH]3)n2)s1. The maximum absolute atomic E-state index is 4.49. The molecular formula is C15H12N6S. The first kappa shape index (κ1) is 12.9. The summed E-state index contributed by atoms with van der Waals surface area (Å²) in [6.45, 7) is 2.02. The van der Waals surface area contributed by atoms with Gasteiger partial charge in [-0.3, -0.25) is 5.32 Å². The molecule has 2 N–H and O–H groups in total. The van der Waals surface area contributed by atoms with Gasteiger partial charge in [-0.1, -0.05) is 12.1 Å². The van der Waals surface area contributed by atoms with Gasteiger partial charge < -0.3 is 4.98 Å². The van der Waals surface area contributed by atoms with E-state index in [4.69, 9.17) is 0 Å². The zero-order valence-corrected chi connectivity index (χ0v) is 12.6. The fourth-order valence-electron chi connectivity index (χ4n) is 2.13. The van der Waals surface area contributed by atoms with E-state index in [0.29, 0.717) is 11.9 Å². The summed E-state index contributed by atoms with van der Waals surface area (Å²) in [5.74, 6) is 1.11. The Bertz CT molecular complexity index is 909. The number of nitrogens with one attached hydrogen (secondary N) is 2. The average Bonchev–Trinajstić information content (AvgIpc) is 3.13. The van der Waals surface area contributed by atoms with Gasteiger partial charge in [-0.25, -0.2) is 19.9 Å². The molecule has 0 amide bonds. The second-order valence-electron chi connectivity index (χ2n) is 4.77. The number of rotatable bonds is 3. The summed E-state index contributed by atoms with van der Waals surface area (Å²) in [5.41, 5.74) is 2.67. The van der Waals surface area contributed by atoms with Crippen LogP contribution in [0.15, 0.2) is 42.7 Å². The minimum absolute atomic E-state index is 0.490. The van der Waals surface area contributed by atoms with Crippen LogP contribution in [0.2, 0.25) is 0 Å². The summed E-state index contributed by atoms with van der Waals surface area (Å²) in [6.07, 6.45) is 3.55. The van der Waals surface area contributed by atoms with Gasteiger partial charge in [0, 0.05) is 17.3 Å². The van der Waals surface area contributed by atoms with E-state index in [-0.39, 0.29) is 0 Å². The van der Waals surface area contributed by atoms with Gasteiger partial charge in [-0.2, -0.15) is 0 Å². The van der Waals surface area contributed by atoms with Gasteiger partial charge in [0.1, 0.15) is 10.7 Å². The van der Waals surface area contributed by atoms with Crippen LogP contribution in [0.1, 0.15) is 4.88 Å². The Kier molecular flexibility index (Phi) is 3.05. The normalized spacial score (nSPS) is 11.0. The Labute approximate surface area is 130 Å². The minimum Gasteiger partial charge on any atom is -0.324 e. The molecule has 0 radical (unpaired) electrons. The fourth-order valence-corrected chi connectivity index (χ4v) is 2.86. The molecule has 0 spiro atoms. The predicted octanol–water partition coefficient (Wildman–Crippen LogP) is 3.53. The molecule has 3 heterocycles. The highest BCUT2D eigenvalue weighted by Gasteiger charge is 2.08. The number of aromatic nitrogens is 5. The van der Waals surface area contributed by atoms with Crippen molar-refractivity contribution < 1.29 is 0 Å². The summed E-state index contributed by atoms with van der Waals surface area (Å²) in [4.78, 5) is 21.9. The van der Waals surface area contributed by atoms with Crippen LogP contribution >= 0.6 is 11.3 Å². The number of anilines is 2. The van der Waals surface area contributed by atoms with Gasteiger partial charge in [-0.05, 0) is 25.1 Å². The van der Waals surface area contributed by atoms with Crippen molar-refractivity contribution in [2.24, 2.45) is 0 Å². The molecule has 108 valence electrons. The van der Waals surface area contributed by atoms with Crippen LogP contribution in [0, 0.1) is 6.92 Å². The number of H-pyrrole nitrogens is 1. The molecule has 0 aliphatic carbocycles. The molecule has 0 bridgehead atoms. The highest BCUT2D eigenvalue weighted by molar-refractivity contribution is 7.14. The monoisotopic (exact) mass is 308 g/mol. The van der Waals surface area contributed by atoms with E-state index in [1.807, 2.05) is 43.5 Å². The number of benzene rings is 1. The molecule has 3 aromatic heterocycles. The number of aryl methyl sites for hydroxylation is 1. The molecule has 0 aliphatic heterocycles. The van der Waals surface area contributed by atoms with Crippen LogP contribution in [0.25, 0.3) is 21.7 Å².